The lowest BCUT2D eigenvalue weighted by Crippen LogP contribution is -2.10. The second-order valence-electron chi connectivity index (χ2n) is 4.41. The Morgan fingerprint density at radius 3 is 2.75 bits per heavy atom. The first-order chi connectivity index (χ1) is 7.95. The Hall–Kier alpha value is -1.52. The Balaban J connectivity index is 1.97. The number of nitrogens with zero attached hydrogens (tertiary/aromatic N) is 5. The molecule has 2 heterocycles. The molecule has 16 heavy (non-hydrogen) atoms. The van der Waals surface area contributed by atoms with Crippen LogP contribution in [0.3, 0.4) is 0 Å². The summed E-state index contributed by atoms with van der Waals surface area (Å²) in [6.45, 7) is 0. The third-order valence-corrected chi connectivity index (χ3v) is 3.31. The normalized spacial score (nSPS) is 18.8. The van der Waals surface area contributed by atoms with Crippen LogP contribution in [0.1, 0.15) is 44.6 Å². The lowest BCUT2D eigenvalue weighted by Gasteiger charge is -2.13. The van der Waals surface area contributed by atoms with Crippen molar-refractivity contribution in [3.63, 3.8) is 0 Å². The third kappa shape index (κ3) is 1.66. The van der Waals surface area contributed by atoms with E-state index < -0.39 is 0 Å². The largest absolute Gasteiger partial charge is 0.242 e. The highest BCUT2D eigenvalue weighted by molar-refractivity contribution is 5.67. The number of fused-ring (bicyclic) bond motifs is 1. The molecule has 1 saturated carbocycles. The van der Waals surface area contributed by atoms with Crippen LogP contribution in [0.25, 0.3) is 11.2 Å². The fourth-order valence-electron chi connectivity index (χ4n) is 2.45. The molecule has 5 nitrogen and oxygen atoms in total. The zero-order valence-electron chi connectivity index (χ0n) is 9.21. The van der Waals surface area contributed by atoms with Gasteiger partial charge in [-0.05, 0) is 12.8 Å². The van der Waals surface area contributed by atoms with Gasteiger partial charge in [-0.3, -0.25) is 0 Å². The predicted octanol–water partition coefficient (Wildman–Crippen LogP) is 2.12. The van der Waals surface area contributed by atoms with E-state index in [2.05, 4.69) is 20.3 Å². The monoisotopic (exact) mass is 217 g/mol. The topological polar surface area (TPSA) is 56.5 Å². The van der Waals surface area contributed by atoms with Crippen molar-refractivity contribution in [1.82, 2.24) is 25.0 Å². The molecule has 1 aliphatic rings. The molecule has 0 aromatic carbocycles. The number of hydrogen-bond acceptors (Lipinski definition) is 4. The molecule has 0 saturated heterocycles. The van der Waals surface area contributed by atoms with Gasteiger partial charge in [0.05, 0.1) is 12.2 Å². The molecule has 5 heteroatoms. The molecule has 0 unspecified atom stereocenters. The van der Waals surface area contributed by atoms with Gasteiger partial charge in [-0.2, -0.15) is 0 Å². The number of hydrogen-bond donors (Lipinski definition) is 0. The predicted molar refractivity (Wildman–Crippen MR) is 59.9 cm³/mol. The average Bonchev–Trinajstić information content (AvgIpc) is 2.57. The third-order valence-electron chi connectivity index (χ3n) is 3.31. The number of rotatable bonds is 1. The minimum Gasteiger partial charge on any atom is -0.242 e. The minimum atomic E-state index is 0.474. The Kier molecular flexibility index (Phi) is 2.52. The molecule has 3 rings (SSSR count). The summed E-state index contributed by atoms with van der Waals surface area (Å²) in [7, 11) is 0. The summed E-state index contributed by atoms with van der Waals surface area (Å²) in [5.74, 6) is 0. The van der Waals surface area contributed by atoms with E-state index in [0.717, 1.165) is 11.2 Å². The molecule has 1 fully saturated rings. The lowest BCUT2D eigenvalue weighted by atomic mass is 10.1. The van der Waals surface area contributed by atoms with Crippen LogP contribution in [0.15, 0.2) is 12.5 Å². The van der Waals surface area contributed by atoms with Crippen LogP contribution in [0, 0.1) is 0 Å². The quantitative estimate of drug-likeness (QED) is 0.686. The Morgan fingerprint density at radius 1 is 1.12 bits per heavy atom. The van der Waals surface area contributed by atoms with E-state index in [1.807, 2.05) is 4.68 Å². The molecule has 0 radical (unpaired) electrons. The van der Waals surface area contributed by atoms with E-state index in [1.165, 1.54) is 38.5 Å². The maximum absolute atomic E-state index is 4.27. The molecule has 84 valence electrons. The molecule has 1 aliphatic carbocycles. The lowest BCUT2D eigenvalue weighted by molar-refractivity contribution is 0.405. The van der Waals surface area contributed by atoms with Crippen molar-refractivity contribution in [3.05, 3.63) is 12.5 Å². The molecule has 2 aromatic rings. The highest BCUT2D eigenvalue weighted by Crippen LogP contribution is 2.27. The fourth-order valence-corrected chi connectivity index (χ4v) is 2.45. The van der Waals surface area contributed by atoms with Crippen molar-refractivity contribution in [2.45, 2.75) is 44.6 Å². The van der Waals surface area contributed by atoms with E-state index in [4.69, 9.17) is 0 Å². The molecule has 0 N–H and O–H groups in total. The maximum Gasteiger partial charge on any atom is 0.181 e. The van der Waals surface area contributed by atoms with Gasteiger partial charge >= 0.3 is 0 Å². The van der Waals surface area contributed by atoms with Gasteiger partial charge in [0.1, 0.15) is 6.33 Å². The second-order valence-corrected chi connectivity index (χ2v) is 4.41. The molecule has 0 spiro atoms. The molecular weight excluding hydrogens is 202 g/mol. The average molecular weight is 217 g/mol. The molecule has 0 aliphatic heterocycles. The summed E-state index contributed by atoms with van der Waals surface area (Å²) in [4.78, 5) is 8.24. The summed E-state index contributed by atoms with van der Waals surface area (Å²) in [5.41, 5.74) is 1.67. The summed E-state index contributed by atoms with van der Waals surface area (Å²) in [5, 5.41) is 8.34. The van der Waals surface area contributed by atoms with Crippen LogP contribution in [0.4, 0.5) is 0 Å². The van der Waals surface area contributed by atoms with Crippen LogP contribution < -0.4 is 0 Å². The van der Waals surface area contributed by atoms with Gasteiger partial charge in [0, 0.05) is 0 Å². The van der Waals surface area contributed by atoms with Crippen LogP contribution in [-0.4, -0.2) is 25.0 Å². The zero-order valence-corrected chi connectivity index (χ0v) is 9.21. The van der Waals surface area contributed by atoms with Gasteiger partial charge in [0.15, 0.2) is 11.2 Å². The molecule has 0 amide bonds. The van der Waals surface area contributed by atoms with Crippen LogP contribution in [0.2, 0.25) is 0 Å². The van der Waals surface area contributed by atoms with Crippen LogP contribution in [-0.2, 0) is 0 Å². The van der Waals surface area contributed by atoms with Crippen molar-refractivity contribution in [3.8, 4) is 0 Å². The highest BCUT2D eigenvalue weighted by atomic mass is 15.5. The van der Waals surface area contributed by atoms with E-state index >= 15 is 0 Å². The van der Waals surface area contributed by atoms with Crippen molar-refractivity contribution < 1.29 is 0 Å². The van der Waals surface area contributed by atoms with Gasteiger partial charge in [-0.25, -0.2) is 14.6 Å². The Morgan fingerprint density at radius 2 is 1.94 bits per heavy atom. The van der Waals surface area contributed by atoms with E-state index in [0.29, 0.717) is 6.04 Å². The summed E-state index contributed by atoms with van der Waals surface area (Å²) in [6.07, 6.45) is 11.0. The Bertz CT molecular complexity index is 470. The van der Waals surface area contributed by atoms with Gasteiger partial charge in [0.2, 0.25) is 0 Å². The first-order valence-corrected chi connectivity index (χ1v) is 5.96. The van der Waals surface area contributed by atoms with Crippen molar-refractivity contribution in [2.24, 2.45) is 0 Å². The molecule has 0 bridgehead atoms. The molecule has 2 aromatic heterocycles. The van der Waals surface area contributed by atoms with Gasteiger partial charge in [0.25, 0.3) is 0 Å². The molecular formula is C11H15N5. The fraction of sp³-hybridized carbons (Fsp3) is 0.636. The van der Waals surface area contributed by atoms with Crippen molar-refractivity contribution in [1.29, 1.82) is 0 Å². The van der Waals surface area contributed by atoms with E-state index in [9.17, 15) is 0 Å². The smallest absolute Gasteiger partial charge is 0.181 e. The van der Waals surface area contributed by atoms with E-state index in [-0.39, 0.29) is 0 Å². The standard InChI is InChI=1S/C11H15N5/c1-2-4-6-9(5-3-1)16-11-10(14-15-16)7-12-8-13-11/h7-9H,1-6H2. The summed E-state index contributed by atoms with van der Waals surface area (Å²) < 4.78 is 1.99. The second kappa shape index (κ2) is 4.15. The zero-order chi connectivity index (χ0) is 10.8. The SMILES string of the molecule is c1ncc2nnn(C3CCCCCC3)c2n1. The summed E-state index contributed by atoms with van der Waals surface area (Å²) >= 11 is 0. The van der Waals surface area contributed by atoms with Gasteiger partial charge in [-0.1, -0.05) is 30.9 Å². The highest BCUT2D eigenvalue weighted by Gasteiger charge is 2.18. The minimum absolute atomic E-state index is 0.474. The summed E-state index contributed by atoms with van der Waals surface area (Å²) in [6, 6.07) is 0.474. The van der Waals surface area contributed by atoms with Crippen LogP contribution in [0.5, 0.6) is 0 Å². The van der Waals surface area contributed by atoms with Crippen molar-refractivity contribution in [2.75, 3.05) is 0 Å². The first-order valence-electron chi connectivity index (χ1n) is 5.96. The Labute approximate surface area is 93.9 Å². The van der Waals surface area contributed by atoms with E-state index in [1.54, 1.807) is 12.5 Å². The maximum atomic E-state index is 4.27. The first kappa shape index (κ1) is 9.69. The number of aromatic nitrogens is 5. The van der Waals surface area contributed by atoms with Crippen molar-refractivity contribution >= 4 is 11.2 Å². The van der Waals surface area contributed by atoms with Gasteiger partial charge in [-0.15, -0.1) is 5.10 Å². The van der Waals surface area contributed by atoms with Gasteiger partial charge < -0.3 is 0 Å². The van der Waals surface area contributed by atoms with Crippen LogP contribution >= 0.6 is 0 Å². The molecule has 0 atom stereocenters.